The van der Waals surface area contributed by atoms with Gasteiger partial charge in [0.05, 0.1) is 0 Å². The van der Waals surface area contributed by atoms with Crippen molar-refractivity contribution in [3.8, 4) is 0 Å². The van der Waals surface area contributed by atoms with Crippen LogP contribution in [0.15, 0.2) is 18.3 Å². The Balaban J connectivity index is 1.70. The van der Waals surface area contributed by atoms with E-state index in [4.69, 9.17) is 4.98 Å². The van der Waals surface area contributed by atoms with Gasteiger partial charge in [-0.1, -0.05) is 13.8 Å². The molecule has 104 valence electrons. The molecule has 2 fully saturated rings. The van der Waals surface area contributed by atoms with E-state index in [1.165, 1.54) is 12.8 Å². The number of rotatable bonds is 4. The highest BCUT2D eigenvalue weighted by atomic mass is 15.2. The number of anilines is 2. The Labute approximate surface area is 118 Å². The number of fused-ring (bicyclic) bond motifs is 1. The summed E-state index contributed by atoms with van der Waals surface area (Å²) in [5, 5.41) is 7.01. The highest BCUT2D eigenvalue weighted by molar-refractivity contribution is 5.77. The van der Waals surface area contributed by atoms with Gasteiger partial charge in [0, 0.05) is 18.3 Å². The first-order chi connectivity index (χ1) is 9.70. The molecule has 2 aliphatic carbocycles. The van der Waals surface area contributed by atoms with Crippen molar-refractivity contribution in [2.75, 3.05) is 10.6 Å². The summed E-state index contributed by atoms with van der Waals surface area (Å²) in [6, 6.07) is 4.93. The third kappa shape index (κ3) is 2.17. The van der Waals surface area contributed by atoms with Gasteiger partial charge < -0.3 is 10.6 Å². The third-order valence-corrected chi connectivity index (χ3v) is 4.30. The largest absolute Gasteiger partial charge is 0.364 e. The highest BCUT2D eigenvalue weighted by Gasteiger charge is 2.36. The summed E-state index contributed by atoms with van der Waals surface area (Å²) in [5.41, 5.74) is 1.55. The van der Waals surface area contributed by atoms with Crippen molar-refractivity contribution in [1.82, 2.24) is 15.0 Å². The summed E-state index contributed by atoms with van der Waals surface area (Å²) in [5.74, 6) is 3.18. The molecule has 0 aliphatic heterocycles. The van der Waals surface area contributed by atoms with E-state index in [-0.39, 0.29) is 0 Å². The first-order valence-electron chi connectivity index (χ1n) is 7.36. The maximum Gasteiger partial charge on any atom is 0.180 e. The molecule has 2 aromatic heterocycles. The standard InChI is InChI=1S/C15H19N5/c1-8-6-11(8)18-14-15(19-12-7-9(12)2)20-13-10(17-14)4-3-5-16-13/h3-5,8-9,11-12H,6-7H2,1-2H3,(H,17,18)(H,16,19,20). The van der Waals surface area contributed by atoms with Crippen LogP contribution in [0.5, 0.6) is 0 Å². The molecule has 0 saturated heterocycles. The molecule has 2 heterocycles. The van der Waals surface area contributed by atoms with Crippen LogP contribution in [0.2, 0.25) is 0 Å². The number of pyridine rings is 1. The molecule has 5 heteroatoms. The van der Waals surface area contributed by atoms with E-state index in [9.17, 15) is 0 Å². The van der Waals surface area contributed by atoms with E-state index < -0.39 is 0 Å². The Kier molecular flexibility index (Phi) is 2.55. The van der Waals surface area contributed by atoms with Crippen LogP contribution in [-0.4, -0.2) is 27.0 Å². The van der Waals surface area contributed by atoms with Crippen LogP contribution in [0.25, 0.3) is 11.2 Å². The van der Waals surface area contributed by atoms with Crippen LogP contribution in [0.1, 0.15) is 26.7 Å². The van der Waals surface area contributed by atoms with Gasteiger partial charge >= 0.3 is 0 Å². The quantitative estimate of drug-likeness (QED) is 0.893. The van der Waals surface area contributed by atoms with Crippen molar-refractivity contribution in [1.29, 1.82) is 0 Å². The lowest BCUT2D eigenvalue weighted by atomic mass is 10.4. The van der Waals surface area contributed by atoms with E-state index in [0.717, 1.165) is 29.0 Å². The minimum atomic E-state index is 0.530. The average Bonchev–Trinajstić information content (AvgIpc) is 3.32. The van der Waals surface area contributed by atoms with Gasteiger partial charge in [-0.05, 0) is 36.8 Å². The number of hydrogen-bond donors (Lipinski definition) is 2. The van der Waals surface area contributed by atoms with Crippen LogP contribution in [0.4, 0.5) is 11.6 Å². The van der Waals surface area contributed by atoms with Crippen molar-refractivity contribution < 1.29 is 0 Å². The maximum atomic E-state index is 4.70. The monoisotopic (exact) mass is 269 g/mol. The van der Waals surface area contributed by atoms with Crippen molar-refractivity contribution >= 4 is 22.8 Å². The Hall–Kier alpha value is -1.91. The second-order valence-electron chi connectivity index (χ2n) is 6.19. The van der Waals surface area contributed by atoms with Gasteiger partial charge in [-0.25, -0.2) is 15.0 Å². The van der Waals surface area contributed by atoms with E-state index in [0.29, 0.717) is 17.7 Å². The van der Waals surface area contributed by atoms with Crippen molar-refractivity contribution in [2.45, 2.75) is 38.8 Å². The van der Waals surface area contributed by atoms with Gasteiger partial charge in [-0.15, -0.1) is 0 Å². The lowest BCUT2D eigenvalue weighted by Gasteiger charge is -2.12. The van der Waals surface area contributed by atoms with Gasteiger partial charge in [0.25, 0.3) is 0 Å². The number of hydrogen-bond acceptors (Lipinski definition) is 5. The zero-order valence-electron chi connectivity index (χ0n) is 11.8. The summed E-state index contributed by atoms with van der Waals surface area (Å²) >= 11 is 0. The molecule has 5 nitrogen and oxygen atoms in total. The van der Waals surface area contributed by atoms with Gasteiger partial charge in [0.15, 0.2) is 17.3 Å². The van der Waals surface area contributed by atoms with Crippen LogP contribution in [0.3, 0.4) is 0 Å². The molecule has 2 saturated carbocycles. The summed E-state index contributed by atoms with van der Waals surface area (Å²) < 4.78 is 0. The normalized spacial score (nSPS) is 31.1. The second-order valence-corrected chi connectivity index (χ2v) is 6.19. The molecule has 0 radical (unpaired) electrons. The van der Waals surface area contributed by atoms with E-state index in [2.05, 4.69) is 34.4 Å². The fourth-order valence-electron chi connectivity index (χ4n) is 2.49. The predicted molar refractivity (Wildman–Crippen MR) is 79.7 cm³/mol. The number of nitrogens with one attached hydrogen (secondary N) is 2. The summed E-state index contributed by atoms with van der Waals surface area (Å²) in [6.07, 6.45) is 4.18. The Morgan fingerprint density at radius 1 is 1.00 bits per heavy atom. The highest BCUT2D eigenvalue weighted by Crippen LogP contribution is 2.37. The Morgan fingerprint density at radius 2 is 1.60 bits per heavy atom. The fraction of sp³-hybridized carbons (Fsp3) is 0.533. The topological polar surface area (TPSA) is 62.7 Å². The maximum absolute atomic E-state index is 4.70. The van der Waals surface area contributed by atoms with Crippen LogP contribution in [-0.2, 0) is 0 Å². The molecule has 2 aromatic rings. The fourth-order valence-corrected chi connectivity index (χ4v) is 2.49. The second kappa shape index (κ2) is 4.30. The number of aromatic nitrogens is 3. The average molecular weight is 269 g/mol. The molecule has 2 N–H and O–H groups in total. The Morgan fingerprint density at radius 3 is 2.20 bits per heavy atom. The minimum absolute atomic E-state index is 0.530. The lowest BCUT2D eigenvalue weighted by Crippen LogP contribution is -2.13. The minimum Gasteiger partial charge on any atom is -0.364 e. The van der Waals surface area contributed by atoms with Crippen LogP contribution < -0.4 is 10.6 Å². The molecule has 0 amide bonds. The molecular weight excluding hydrogens is 250 g/mol. The summed E-state index contributed by atoms with van der Waals surface area (Å²) in [4.78, 5) is 13.6. The molecule has 20 heavy (non-hydrogen) atoms. The molecule has 4 rings (SSSR count). The molecule has 0 spiro atoms. The van der Waals surface area contributed by atoms with Crippen molar-refractivity contribution in [3.05, 3.63) is 18.3 Å². The van der Waals surface area contributed by atoms with Crippen molar-refractivity contribution in [2.24, 2.45) is 11.8 Å². The van der Waals surface area contributed by atoms with E-state index in [1.807, 2.05) is 12.1 Å². The van der Waals surface area contributed by atoms with Gasteiger partial charge in [0.2, 0.25) is 0 Å². The number of nitrogens with zero attached hydrogens (tertiary/aromatic N) is 3. The van der Waals surface area contributed by atoms with Crippen molar-refractivity contribution in [3.63, 3.8) is 0 Å². The first-order valence-corrected chi connectivity index (χ1v) is 7.36. The molecular formula is C15H19N5. The first kappa shape index (κ1) is 11.9. The molecule has 2 aliphatic rings. The Bertz CT molecular complexity index is 599. The smallest absolute Gasteiger partial charge is 0.180 e. The van der Waals surface area contributed by atoms with Gasteiger partial charge in [0.1, 0.15) is 5.52 Å². The summed E-state index contributed by atoms with van der Waals surface area (Å²) in [7, 11) is 0. The van der Waals surface area contributed by atoms with Gasteiger partial charge in [-0.3, -0.25) is 0 Å². The van der Waals surface area contributed by atoms with E-state index >= 15 is 0 Å². The van der Waals surface area contributed by atoms with E-state index in [1.54, 1.807) is 6.20 Å². The molecule has 4 atom stereocenters. The summed E-state index contributed by atoms with van der Waals surface area (Å²) in [6.45, 7) is 4.50. The predicted octanol–water partition coefficient (Wildman–Crippen LogP) is 2.67. The lowest BCUT2D eigenvalue weighted by molar-refractivity contribution is 0.911. The van der Waals surface area contributed by atoms with Gasteiger partial charge in [-0.2, -0.15) is 0 Å². The third-order valence-electron chi connectivity index (χ3n) is 4.30. The SMILES string of the molecule is CC1CC1Nc1nc2cccnc2nc1NC1CC1C. The molecule has 4 unspecified atom stereocenters. The van der Waals surface area contributed by atoms with Crippen LogP contribution in [0, 0.1) is 11.8 Å². The zero-order valence-corrected chi connectivity index (χ0v) is 11.8. The molecule has 0 bridgehead atoms. The zero-order chi connectivity index (χ0) is 13.7. The van der Waals surface area contributed by atoms with Crippen LogP contribution >= 0.6 is 0 Å². The molecule has 0 aromatic carbocycles.